The van der Waals surface area contributed by atoms with E-state index in [9.17, 15) is 0 Å². The molecule has 0 aromatic heterocycles. The van der Waals surface area contributed by atoms with Crippen LogP contribution in [0.4, 0.5) is 0 Å². The van der Waals surface area contributed by atoms with Crippen LogP contribution in [0, 0.1) is 12.8 Å². The summed E-state index contributed by atoms with van der Waals surface area (Å²) in [5, 5.41) is 0. The number of hydrogen-bond acceptors (Lipinski definition) is 1. The van der Waals surface area contributed by atoms with Crippen molar-refractivity contribution in [3.63, 3.8) is 0 Å². The Hall–Kier alpha value is 1.21. The van der Waals surface area contributed by atoms with Gasteiger partial charge in [-0.05, 0) is 25.2 Å². The summed E-state index contributed by atoms with van der Waals surface area (Å²) in [6.07, 6.45) is 8.70. The molecule has 1 rings (SSSR count). The summed E-state index contributed by atoms with van der Waals surface area (Å²) in [5.41, 5.74) is 1.30. The fraction of sp³-hybridized carbons (Fsp3) is 0.786. The largest absolute Gasteiger partial charge is 1.00 e. The standard InChI is InChI=1S/C12H21O.C2H6.K/c1-3-9-13-10-8-11(2)12-6-4-5-7-12;1-2;/h8,12H,2-7,9-10H2,1H3;1-2H3;/q-1;;+1/b11-8+;;. The van der Waals surface area contributed by atoms with Crippen LogP contribution in [0.5, 0.6) is 0 Å². The average molecular weight is 250 g/mol. The van der Waals surface area contributed by atoms with Crippen molar-refractivity contribution in [2.75, 3.05) is 13.2 Å². The maximum atomic E-state index is 5.40. The van der Waals surface area contributed by atoms with E-state index in [1.807, 2.05) is 13.8 Å². The van der Waals surface area contributed by atoms with Crippen LogP contribution in [0.15, 0.2) is 11.6 Å². The molecule has 0 radical (unpaired) electrons. The molecule has 1 fully saturated rings. The van der Waals surface area contributed by atoms with Crippen LogP contribution in [0.3, 0.4) is 0 Å². The molecule has 0 aromatic rings. The van der Waals surface area contributed by atoms with E-state index in [2.05, 4.69) is 19.9 Å². The Morgan fingerprint density at radius 2 is 1.88 bits per heavy atom. The predicted molar refractivity (Wildman–Crippen MR) is 67.9 cm³/mol. The molecule has 0 heterocycles. The predicted octanol–water partition coefficient (Wildman–Crippen LogP) is 1.39. The van der Waals surface area contributed by atoms with Gasteiger partial charge in [-0.3, -0.25) is 0 Å². The first kappa shape index (κ1) is 19.5. The first-order chi connectivity index (χ1) is 7.34. The number of rotatable bonds is 5. The molecule has 0 N–H and O–H groups in total. The van der Waals surface area contributed by atoms with Crippen LogP contribution in [0.25, 0.3) is 0 Å². The zero-order chi connectivity index (χ0) is 11.5. The van der Waals surface area contributed by atoms with Crippen molar-refractivity contribution >= 4 is 0 Å². The van der Waals surface area contributed by atoms with Gasteiger partial charge in [0.2, 0.25) is 0 Å². The van der Waals surface area contributed by atoms with Gasteiger partial charge in [0, 0.05) is 13.2 Å². The summed E-state index contributed by atoms with van der Waals surface area (Å²) in [7, 11) is 0. The van der Waals surface area contributed by atoms with E-state index in [0.717, 1.165) is 25.6 Å². The third kappa shape index (κ3) is 9.26. The molecular weight excluding hydrogens is 223 g/mol. The molecule has 0 spiro atoms. The summed E-state index contributed by atoms with van der Waals surface area (Å²) in [6, 6.07) is 0. The average Bonchev–Trinajstić information content (AvgIpc) is 2.80. The van der Waals surface area contributed by atoms with Crippen LogP contribution >= 0.6 is 0 Å². The minimum Gasteiger partial charge on any atom is -0.395 e. The molecule has 2 heteroatoms. The molecule has 0 aromatic carbocycles. The molecular formula is C14H27KO. The first-order valence-corrected chi connectivity index (χ1v) is 6.44. The Morgan fingerprint density at radius 3 is 2.38 bits per heavy atom. The van der Waals surface area contributed by atoms with Gasteiger partial charge in [-0.2, -0.15) is 0 Å². The Kier molecular flexibility index (Phi) is 17.4. The monoisotopic (exact) mass is 250 g/mol. The van der Waals surface area contributed by atoms with Crippen LogP contribution in [-0.4, -0.2) is 13.2 Å². The van der Waals surface area contributed by atoms with Gasteiger partial charge in [0.05, 0.1) is 0 Å². The second kappa shape index (κ2) is 14.3. The molecule has 90 valence electrons. The molecule has 1 aliphatic carbocycles. The van der Waals surface area contributed by atoms with Gasteiger partial charge < -0.3 is 4.74 Å². The van der Waals surface area contributed by atoms with E-state index in [4.69, 9.17) is 4.74 Å². The van der Waals surface area contributed by atoms with Gasteiger partial charge in [-0.25, -0.2) is 18.6 Å². The van der Waals surface area contributed by atoms with Crippen molar-refractivity contribution in [2.24, 2.45) is 5.92 Å². The molecule has 16 heavy (non-hydrogen) atoms. The Bertz CT molecular complexity index is 160. The summed E-state index contributed by atoms with van der Waals surface area (Å²) >= 11 is 0. The number of hydrogen-bond donors (Lipinski definition) is 0. The van der Waals surface area contributed by atoms with E-state index in [-0.39, 0.29) is 51.4 Å². The van der Waals surface area contributed by atoms with Gasteiger partial charge in [-0.1, -0.05) is 33.6 Å². The summed E-state index contributed by atoms with van der Waals surface area (Å²) < 4.78 is 5.40. The van der Waals surface area contributed by atoms with Gasteiger partial charge in [0.1, 0.15) is 0 Å². The van der Waals surface area contributed by atoms with E-state index in [1.165, 1.54) is 31.3 Å². The normalized spacial score (nSPS) is 16.3. The summed E-state index contributed by atoms with van der Waals surface area (Å²) in [4.78, 5) is 0. The second-order valence-corrected chi connectivity index (χ2v) is 3.84. The smallest absolute Gasteiger partial charge is 0.395 e. The van der Waals surface area contributed by atoms with Crippen molar-refractivity contribution in [1.82, 2.24) is 0 Å². The first-order valence-electron chi connectivity index (χ1n) is 6.44. The maximum absolute atomic E-state index is 5.40. The van der Waals surface area contributed by atoms with E-state index < -0.39 is 0 Å². The van der Waals surface area contributed by atoms with Gasteiger partial charge in [-0.15, -0.1) is 0 Å². The number of allylic oxidation sites excluding steroid dienone is 1. The Morgan fingerprint density at radius 1 is 1.31 bits per heavy atom. The van der Waals surface area contributed by atoms with Crippen molar-refractivity contribution in [2.45, 2.75) is 52.9 Å². The second-order valence-electron chi connectivity index (χ2n) is 3.84. The third-order valence-electron chi connectivity index (χ3n) is 2.69. The minimum atomic E-state index is 0. The SMILES string of the molecule is CC.[CH2-]/C(=C\COCCC)C1CCCC1.[K+]. The van der Waals surface area contributed by atoms with Crippen LogP contribution in [0.1, 0.15) is 52.9 Å². The van der Waals surface area contributed by atoms with Crippen LogP contribution in [-0.2, 0) is 4.74 Å². The molecule has 1 saturated carbocycles. The third-order valence-corrected chi connectivity index (χ3v) is 2.69. The molecule has 0 unspecified atom stereocenters. The van der Waals surface area contributed by atoms with Gasteiger partial charge >= 0.3 is 51.4 Å². The van der Waals surface area contributed by atoms with Gasteiger partial charge in [0.15, 0.2) is 0 Å². The van der Waals surface area contributed by atoms with Crippen molar-refractivity contribution in [3.05, 3.63) is 18.6 Å². The molecule has 1 aliphatic rings. The topological polar surface area (TPSA) is 9.23 Å². The van der Waals surface area contributed by atoms with Gasteiger partial charge in [0.25, 0.3) is 0 Å². The Balaban J connectivity index is 0. The zero-order valence-corrected chi connectivity index (χ0v) is 14.8. The molecule has 1 nitrogen and oxygen atoms in total. The Labute approximate surface area is 145 Å². The quantitative estimate of drug-likeness (QED) is 0.407. The fourth-order valence-electron chi connectivity index (χ4n) is 1.86. The van der Waals surface area contributed by atoms with Crippen molar-refractivity contribution < 1.29 is 56.1 Å². The van der Waals surface area contributed by atoms with E-state index in [1.54, 1.807) is 0 Å². The molecule has 0 atom stereocenters. The van der Waals surface area contributed by atoms with Crippen molar-refractivity contribution in [1.29, 1.82) is 0 Å². The molecule has 0 saturated heterocycles. The zero-order valence-electron chi connectivity index (χ0n) is 11.7. The molecule has 0 aliphatic heterocycles. The maximum Gasteiger partial charge on any atom is 1.00 e. The van der Waals surface area contributed by atoms with Crippen LogP contribution < -0.4 is 51.4 Å². The van der Waals surface area contributed by atoms with E-state index >= 15 is 0 Å². The molecule has 0 bridgehead atoms. The molecule has 0 amide bonds. The summed E-state index contributed by atoms with van der Waals surface area (Å²) in [5.74, 6) is 0.755. The van der Waals surface area contributed by atoms with Crippen LogP contribution in [0.2, 0.25) is 0 Å². The minimum absolute atomic E-state index is 0. The number of ether oxygens (including phenoxy) is 1. The fourth-order valence-corrected chi connectivity index (χ4v) is 1.86. The van der Waals surface area contributed by atoms with Crippen molar-refractivity contribution in [3.8, 4) is 0 Å². The van der Waals surface area contributed by atoms with E-state index in [0.29, 0.717) is 0 Å². The summed E-state index contributed by atoms with van der Waals surface area (Å²) in [6.45, 7) is 11.9.